The van der Waals surface area contributed by atoms with Crippen molar-refractivity contribution in [1.82, 2.24) is 15.3 Å². The SMILES string of the molecule is Cc1cnccc1NCCNC(=O)c1cnc(N)s1. The quantitative estimate of drug-likeness (QED) is 0.716. The van der Waals surface area contributed by atoms with Crippen molar-refractivity contribution in [3.63, 3.8) is 0 Å². The van der Waals surface area contributed by atoms with Gasteiger partial charge in [0.15, 0.2) is 5.13 Å². The summed E-state index contributed by atoms with van der Waals surface area (Å²) in [4.78, 5) is 20.1. The topological polar surface area (TPSA) is 92.9 Å². The summed E-state index contributed by atoms with van der Waals surface area (Å²) in [6.45, 7) is 3.15. The number of pyridine rings is 1. The molecule has 6 nitrogen and oxygen atoms in total. The molecule has 2 aromatic rings. The van der Waals surface area contributed by atoms with E-state index in [1.165, 1.54) is 17.5 Å². The number of aryl methyl sites for hydroxylation is 1. The van der Waals surface area contributed by atoms with Crippen LogP contribution in [0.15, 0.2) is 24.7 Å². The minimum absolute atomic E-state index is 0.151. The van der Waals surface area contributed by atoms with Crippen molar-refractivity contribution in [1.29, 1.82) is 0 Å². The van der Waals surface area contributed by atoms with E-state index >= 15 is 0 Å². The molecule has 0 aliphatic carbocycles. The van der Waals surface area contributed by atoms with E-state index in [0.717, 1.165) is 11.3 Å². The van der Waals surface area contributed by atoms with Crippen molar-refractivity contribution in [2.45, 2.75) is 6.92 Å². The van der Waals surface area contributed by atoms with Gasteiger partial charge in [-0.2, -0.15) is 0 Å². The number of nitrogens with one attached hydrogen (secondary N) is 2. The van der Waals surface area contributed by atoms with Crippen LogP contribution in [0.5, 0.6) is 0 Å². The van der Waals surface area contributed by atoms with Crippen molar-refractivity contribution in [2.75, 3.05) is 24.1 Å². The maximum Gasteiger partial charge on any atom is 0.263 e. The molecule has 0 fully saturated rings. The molecule has 2 heterocycles. The smallest absolute Gasteiger partial charge is 0.263 e. The van der Waals surface area contributed by atoms with Gasteiger partial charge in [0.05, 0.1) is 6.20 Å². The first kappa shape index (κ1) is 13.3. The Bertz CT molecular complexity index is 569. The molecule has 0 spiro atoms. The number of rotatable bonds is 5. The molecule has 7 heteroatoms. The number of anilines is 2. The number of carbonyl (C=O) groups is 1. The third kappa shape index (κ3) is 3.65. The largest absolute Gasteiger partial charge is 0.383 e. The van der Waals surface area contributed by atoms with E-state index in [1.807, 2.05) is 13.0 Å². The van der Waals surface area contributed by atoms with Gasteiger partial charge >= 0.3 is 0 Å². The van der Waals surface area contributed by atoms with Crippen molar-refractivity contribution in [3.8, 4) is 0 Å². The van der Waals surface area contributed by atoms with Gasteiger partial charge < -0.3 is 16.4 Å². The van der Waals surface area contributed by atoms with Gasteiger partial charge in [-0.25, -0.2) is 4.98 Å². The van der Waals surface area contributed by atoms with Crippen LogP contribution in [0.25, 0.3) is 0 Å². The molecule has 2 rings (SSSR count). The number of hydrogen-bond donors (Lipinski definition) is 3. The van der Waals surface area contributed by atoms with Gasteiger partial charge in [0, 0.05) is 31.2 Å². The highest BCUT2D eigenvalue weighted by Crippen LogP contribution is 2.13. The zero-order valence-electron chi connectivity index (χ0n) is 10.5. The highest BCUT2D eigenvalue weighted by Gasteiger charge is 2.08. The van der Waals surface area contributed by atoms with Gasteiger partial charge in [0.25, 0.3) is 5.91 Å². The second-order valence-corrected chi connectivity index (χ2v) is 5.00. The second-order valence-electron chi connectivity index (χ2n) is 3.94. The molecule has 100 valence electrons. The summed E-state index contributed by atoms with van der Waals surface area (Å²) in [7, 11) is 0. The minimum atomic E-state index is -0.151. The number of amides is 1. The molecule has 0 aliphatic rings. The summed E-state index contributed by atoms with van der Waals surface area (Å²) in [5.74, 6) is -0.151. The molecule has 0 aliphatic heterocycles. The molecule has 0 saturated heterocycles. The maximum absolute atomic E-state index is 11.7. The molecule has 0 atom stereocenters. The monoisotopic (exact) mass is 277 g/mol. The Kier molecular flexibility index (Phi) is 4.30. The molecule has 0 radical (unpaired) electrons. The molecule has 19 heavy (non-hydrogen) atoms. The lowest BCUT2D eigenvalue weighted by Crippen LogP contribution is -2.28. The number of carbonyl (C=O) groups excluding carboxylic acids is 1. The van der Waals surface area contributed by atoms with Crippen LogP contribution in [0.3, 0.4) is 0 Å². The third-order valence-corrected chi connectivity index (χ3v) is 3.32. The molecule has 1 amide bonds. The summed E-state index contributed by atoms with van der Waals surface area (Å²) in [6, 6.07) is 1.90. The van der Waals surface area contributed by atoms with Crippen LogP contribution in [0.4, 0.5) is 10.8 Å². The van der Waals surface area contributed by atoms with E-state index in [2.05, 4.69) is 20.6 Å². The van der Waals surface area contributed by atoms with Gasteiger partial charge in [-0.05, 0) is 18.6 Å². The average Bonchev–Trinajstić information content (AvgIpc) is 2.83. The molecule has 4 N–H and O–H groups in total. The summed E-state index contributed by atoms with van der Waals surface area (Å²) < 4.78 is 0. The van der Waals surface area contributed by atoms with Crippen LogP contribution in [0.1, 0.15) is 15.2 Å². The number of nitrogens with two attached hydrogens (primary N) is 1. The summed E-state index contributed by atoms with van der Waals surface area (Å²) in [5.41, 5.74) is 7.57. The van der Waals surface area contributed by atoms with Crippen LogP contribution < -0.4 is 16.4 Å². The van der Waals surface area contributed by atoms with Crippen LogP contribution in [0.2, 0.25) is 0 Å². The molecule has 2 aromatic heterocycles. The molecule has 0 aromatic carbocycles. The van der Waals surface area contributed by atoms with E-state index in [0.29, 0.717) is 23.1 Å². The van der Waals surface area contributed by atoms with Crippen molar-refractivity contribution in [2.24, 2.45) is 0 Å². The Morgan fingerprint density at radius 3 is 2.95 bits per heavy atom. The van der Waals surface area contributed by atoms with Gasteiger partial charge in [0.1, 0.15) is 4.88 Å². The van der Waals surface area contributed by atoms with Gasteiger partial charge in [-0.15, -0.1) is 0 Å². The standard InChI is InChI=1S/C12H15N5OS/c1-8-6-14-3-2-9(8)15-4-5-16-11(18)10-7-17-12(13)19-10/h2-3,6-7H,4-5H2,1H3,(H2,13,17)(H,14,15)(H,16,18). The maximum atomic E-state index is 11.7. The molecule has 0 bridgehead atoms. The Balaban J connectivity index is 1.75. The second kappa shape index (κ2) is 6.14. The highest BCUT2D eigenvalue weighted by molar-refractivity contribution is 7.17. The Hall–Kier alpha value is -2.15. The number of aromatic nitrogens is 2. The molecule has 0 saturated carbocycles. The highest BCUT2D eigenvalue weighted by atomic mass is 32.1. The normalized spacial score (nSPS) is 10.2. The van der Waals surface area contributed by atoms with Crippen LogP contribution in [-0.4, -0.2) is 29.0 Å². The average molecular weight is 277 g/mol. The fraction of sp³-hybridized carbons (Fsp3) is 0.250. The van der Waals surface area contributed by atoms with E-state index < -0.39 is 0 Å². The van der Waals surface area contributed by atoms with Crippen molar-refractivity contribution in [3.05, 3.63) is 35.1 Å². The van der Waals surface area contributed by atoms with Crippen LogP contribution in [-0.2, 0) is 0 Å². The first-order valence-corrected chi connectivity index (χ1v) is 6.62. The summed E-state index contributed by atoms with van der Waals surface area (Å²) in [6.07, 6.45) is 5.00. The fourth-order valence-corrected chi connectivity index (χ4v) is 2.13. The van der Waals surface area contributed by atoms with Gasteiger partial charge in [-0.1, -0.05) is 11.3 Å². The number of nitrogen functional groups attached to an aromatic ring is 1. The molecule has 0 unspecified atom stereocenters. The third-order valence-electron chi connectivity index (χ3n) is 2.49. The van der Waals surface area contributed by atoms with E-state index in [1.54, 1.807) is 12.4 Å². The molecular weight excluding hydrogens is 262 g/mol. The van der Waals surface area contributed by atoms with E-state index in [9.17, 15) is 4.79 Å². The Labute approximate surface area is 115 Å². The lowest BCUT2D eigenvalue weighted by atomic mass is 10.2. The first-order chi connectivity index (χ1) is 9.16. The summed E-state index contributed by atoms with van der Waals surface area (Å²) >= 11 is 1.18. The first-order valence-electron chi connectivity index (χ1n) is 5.81. The van der Waals surface area contributed by atoms with Crippen LogP contribution >= 0.6 is 11.3 Å². The van der Waals surface area contributed by atoms with Gasteiger partial charge in [0.2, 0.25) is 0 Å². The zero-order chi connectivity index (χ0) is 13.7. The van der Waals surface area contributed by atoms with Gasteiger partial charge in [-0.3, -0.25) is 9.78 Å². The van der Waals surface area contributed by atoms with Crippen molar-refractivity contribution < 1.29 is 4.79 Å². The number of thiazole rings is 1. The Morgan fingerprint density at radius 2 is 2.26 bits per heavy atom. The van der Waals surface area contributed by atoms with Crippen molar-refractivity contribution >= 4 is 28.1 Å². The van der Waals surface area contributed by atoms with Crippen LogP contribution in [0, 0.1) is 6.92 Å². The minimum Gasteiger partial charge on any atom is -0.383 e. The Morgan fingerprint density at radius 1 is 1.42 bits per heavy atom. The lowest BCUT2D eigenvalue weighted by Gasteiger charge is -2.09. The zero-order valence-corrected chi connectivity index (χ0v) is 11.3. The number of nitrogens with zero attached hydrogens (tertiary/aromatic N) is 2. The number of hydrogen-bond acceptors (Lipinski definition) is 6. The van der Waals surface area contributed by atoms with E-state index in [-0.39, 0.29) is 5.91 Å². The predicted octanol–water partition coefficient (Wildman–Crippen LogP) is 1.27. The van der Waals surface area contributed by atoms with E-state index in [4.69, 9.17) is 5.73 Å². The fourth-order valence-electron chi connectivity index (χ4n) is 1.52. The lowest BCUT2D eigenvalue weighted by molar-refractivity contribution is 0.0959. The predicted molar refractivity (Wildman–Crippen MR) is 76.3 cm³/mol. The summed E-state index contributed by atoms with van der Waals surface area (Å²) in [5, 5.41) is 6.43. The molecular formula is C12H15N5OS.